The van der Waals surface area contributed by atoms with Crippen molar-refractivity contribution in [3.8, 4) is 0 Å². The number of hydrazine groups is 1. The van der Waals surface area contributed by atoms with Gasteiger partial charge < -0.3 is 0 Å². The van der Waals surface area contributed by atoms with Gasteiger partial charge >= 0.3 is 6.18 Å². The molecule has 1 fully saturated rings. The van der Waals surface area contributed by atoms with Gasteiger partial charge in [0.1, 0.15) is 0 Å². The standard InChI is InChI=1S/C21H25F3N2O/c1-19(2,3)15-11-10-13-8-6-7-9-14(13)16(15)17(21(22,23)24)26-12-20(4,5)18(27)25-26/h6-11,17H,12H2,1-5H3,(H,25,27). The summed E-state index contributed by atoms with van der Waals surface area (Å²) < 4.78 is 43.0. The van der Waals surface area contributed by atoms with Crippen LogP contribution in [0.3, 0.4) is 0 Å². The number of fused-ring (bicyclic) bond motifs is 1. The summed E-state index contributed by atoms with van der Waals surface area (Å²) in [7, 11) is 0. The number of hydrogen-bond acceptors (Lipinski definition) is 2. The van der Waals surface area contributed by atoms with Crippen molar-refractivity contribution < 1.29 is 18.0 Å². The molecule has 1 aliphatic rings. The second kappa shape index (κ2) is 6.23. The third kappa shape index (κ3) is 3.55. The molecule has 1 amide bonds. The van der Waals surface area contributed by atoms with Crippen LogP contribution in [0.15, 0.2) is 36.4 Å². The van der Waals surface area contributed by atoms with Gasteiger partial charge in [0, 0.05) is 6.54 Å². The van der Waals surface area contributed by atoms with Crippen molar-refractivity contribution in [2.75, 3.05) is 6.54 Å². The molecule has 27 heavy (non-hydrogen) atoms. The Morgan fingerprint density at radius 1 is 1.07 bits per heavy atom. The first-order chi connectivity index (χ1) is 12.3. The second-order valence-corrected chi connectivity index (χ2v) is 8.89. The van der Waals surface area contributed by atoms with Gasteiger partial charge in [-0.05, 0) is 41.2 Å². The number of rotatable bonds is 2. The number of halogens is 3. The van der Waals surface area contributed by atoms with E-state index in [0.717, 1.165) is 10.4 Å². The van der Waals surface area contributed by atoms with Crippen LogP contribution in [0.5, 0.6) is 0 Å². The van der Waals surface area contributed by atoms with E-state index in [-0.39, 0.29) is 12.1 Å². The average Bonchev–Trinajstić information content (AvgIpc) is 2.78. The molecule has 3 rings (SSSR count). The Morgan fingerprint density at radius 2 is 1.70 bits per heavy atom. The first-order valence-corrected chi connectivity index (χ1v) is 8.99. The quantitative estimate of drug-likeness (QED) is 0.787. The van der Waals surface area contributed by atoms with Crippen LogP contribution in [0.25, 0.3) is 10.8 Å². The van der Waals surface area contributed by atoms with Crippen molar-refractivity contribution in [3.63, 3.8) is 0 Å². The van der Waals surface area contributed by atoms with E-state index >= 15 is 0 Å². The molecule has 0 spiro atoms. The van der Waals surface area contributed by atoms with Crippen LogP contribution in [-0.4, -0.2) is 23.6 Å². The Hall–Kier alpha value is -2.08. The lowest BCUT2D eigenvalue weighted by Gasteiger charge is -2.35. The minimum atomic E-state index is -4.54. The van der Waals surface area contributed by atoms with Gasteiger partial charge in [0.15, 0.2) is 6.04 Å². The fourth-order valence-electron chi connectivity index (χ4n) is 3.72. The van der Waals surface area contributed by atoms with Crippen molar-refractivity contribution >= 4 is 16.7 Å². The molecule has 0 radical (unpaired) electrons. The third-order valence-corrected chi connectivity index (χ3v) is 5.10. The van der Waals surface area contributed by atoms with Crippen LogP contribution in [0.2, 0.25) is 0 Å². The maximum atomic E-state index is 14.3. The van der Waals surface area contributed by atoms with Crippen molar-refractivity contribution in [2.24, 2.45) is 5.41 Å². The van der Waals surface area contributed by atoms with Gasteiger partial charge in [-0.25, -0.2) is 5.01 Å². The lowest BCUT2D eigenvalue weighted by atomic mass is 9.79. The zero-order valence-electron chi connectivity index (χ0n) is 16.2. The summed E-state index contributed by atoms with van der Waals surface area (Å²) in [5, 5.41) is 2.37. The lowest BCUT2D eigenvalue weighted by molar-refractivity contribution is -0.191. The molecule has 0 aromatic heterocycles. The van der Waals surface area contributed by atoms with Gasteiger partial charge in [-0.2, -0.15) is 13.2 Å². The van der Waals surface area contributed by atoms with Crippen LogP contribution in [0.4, 0.5) is 13.2 Å². The van der Waals surface area contributed by atoms with Crippen molar-refractivity contribution in [1.29, 1.82) is 0 Å². The van der Waals surface area contributed by atoms with Crippen LogP contribution in [-0.2, 0) is 10.2 Å². The maximum absolute atomic E-state index is 14.3. The molecule has 1 atom stereocenters. The smallest absolute Gasteiger partial charge is 0.287 e. The van der Waals surface area contributed by atoms with Crippen LogP contribution >= 0.6 is 0 Å². The zero-order chi connectivity index (χ0) is 20.2. The van der Waals surface area contributed by atoms with Gasteiger partial charge in [0.05, 0.1) is 5.41 Å². The van der Waals surface area contributed by atoms with E-state index in [0.29, 0.717) is 10.9 Å². The molecule has 0 bridgehead atoms. The average molecular weight is 378 g/mol. The van der Waals surface area contributed by atoms with E-state index < -0.39 is 29.0 Å². The summed E-state index contributed by atoms with van der Waals surface area (Å²) >= 11 is 0. The summed E-state index contributed by atoms with van der Waals surface area (Å²) in [6.07, 6.45) is -4.54. The second-order valence-electron chi connectivity index (χ2n) is 8.89. The molecule has 1 heterocycles. The van der Waals surface area contributed by atoms with Crippen LogP contribution in [0.1, 0.15) is 51.8 Å². The molecular formula is C21H25F3N2O. The maximum Gasteiger partial charge on any atom is 0.409 e. The highest BCUT2D eigenvalue weighted by Gasteiger charge is 2.52. The molecule has 1 aliphatic heterocycles. The molecule has 2 aromatic carbocycles. The Kier molecular flexibility index (Phi) is 4.54. The molecule has 0 aliphatic carbocycles. The largest absolute Gasteiger partial charge is 0.409 e. The molecular weight excluding hydrogens is 353 g/mol. The number of carbonyl (C=O) groups is 1. The van der Waals surface area contributed by atoms with Gasteiger partial charge in [-0.3, -0.25) is 10.2 Å². The van der Waals surface area contributed by atoms with E-state index in [1.807, 2.05) is 39.0 Å². The number of nitrogens with zero attached hydrogens (tertiary/aromatic N) is 1. The lowest BCUT2D eigenvalue weighted by Crippen LogP contribution is -2.44. The Labute approximate surface area is 157 Å². The monoisotopic (exact) mass is 378 g/mol. The van der Waals surface area contributed by atoms with Crippen LogP contribution in [0, 0.1) is 5.41 Å². The van der Waals surface area contributed by atoms with Gasteiger partial charge in [-0.1, -0.05) is 57.2 Å². The van der Waals surface area contributed by atoms with Gasteiger partial charge in [0.25, 0.3) is 0 Å². The minimum Gasteiger partial charge on any atom is -0.287 e. The minimum absolute atomic E-state index is 0.0111. The number of hydrogen-bond donors (Lipinski definition) is 1. The molecule has 1 N–H and O–H groups in total. The highest BCUT2D eigenvalue weighted by Crippen LogP contribution is 2.46. The van der Waals surface area contributed by atoms with E-state index in [1.165, 1.54) is 0 Å². The highest BCUT2D eigenvalue weighted by molar-refractivity contribution is 5.88. The third-order valence-electron chi connectivity index (χ3n) is 5.10. The Morgan fingerprint density at radius 3 is 2.22 bits per heavy atom. The Balaban J connectivity index is 2.30. The first kappa shape index (κ1) is 19.7. The molecule has 6 heteroatoms. The number of benzene rings is 2. The SMILES string of the molecule is CC1(C)CN(C(c2c(C(C)(C)C)ccc3ccccc23)C(F)(F)F)NC1=O. The number of alkyl halides is 3. The number of amides is 1. The fraction of sp³-hybridized carbons (Fsp3) is 0.476. The Bertz CT molecular complexity index is 881. The first-order valence-electron chi connectivity index (χ1n) is 8.99. The summed E-state index contributed by atoms with van der Waals surface area (Å²) in [5.41, 5.74) is 1.95. The summed E-state index contributed by atoms with van der Waals surface area (Å²) in [5.74, 6) is -0.394. The number of nitrogens with one attached hydrogen (secondary N) is 1. The molecule has 3 nitrogen and oxygen atoms in total. The normalized spacial score (nSPS) is 19.3. The summed E-state index contributed by atoms with van der Waals surface area (Å²) in [6.45, 7) is 9.01. The van der Waals surface area contributed by atoms with Gasteiger partial charge in [-0.15, -0.1) is 0 Å². The molecule has 2 aromatic rings. The van der Waals surface area contributed by atoms with E-state index in [4.69, 9.17) is 0 Å². The van der Waals surface area contributed by atoms with Crippen molar-refractivity contribution in [3.05, 3.63) is 47.5 Å². The van der Waals surface area contributed by atoms with Crippen molar-refractivity contribution in [1.82, 2.24) is 10.4 Å². The molecule has 146 valence electrons. The fourth-order valence-corrected chi connectivity index (χ4v) is 3.72. The molecule has 1 saturated heterocycles. The number of carbonyl (C=O) groups excluding carboxylic acids is 1. The highest BCUT2D eigenvalue weighted by atomic mass is 19.4. The zero-order valence-corrected chi connectivity index (χ0v) is 16.2. The van der Waals surface area contributed by atoms with Gasteiger partial charge in [0.2, 0.25) is 5.91 Å². The summed E-state index contributed by atoms with van der Waals surface area (Å²) in [4.78, 5) is 12.2. The van der Waals surface area contributed by atoms with Crippen molar-refractivity contribution in [2.45, 2.75) is 52.3 Å². The molecule has 0 saturated carbocycles. The molecule has 1 unspecified atom stereocenters. The predicted octanol–water partition coefficient (Wildman–Crippen LogP) is 5.11. The van der Waals surface area contributed by atoms with E-state index in [2.05, 4.69) is 5.43 Å². The van der Waals surface area contributed by atoms with E-state index in [9.17, 15) is 18.0 Å². The van der Waals surface area contributed by atoms with Crippen LogP contribution < -0.4 is 5.43 Å². The predicted molar refractivity (Wildman–Crippen MR) is 100 cm³/mol. The topological polar surface area (TPSA) is 32.3 Å². The summed E-state index contributed by atoms with van der Waals surface area (Å²) in [6, 6.07) is 8.82. The van der Waals surface area contributed by atoms with E-state index in [1.54, 1.807) is 32.0 Å².